The minimum Gasteiger partial charge on any atom is -0.480 e. The van der Waals surface area contributed by atoms with Crippen molar-refractivity contribution in [2.75, 3.05) is 11.9 Å². The number of thiocarbonyl (C=S) groups is 1. The molecule has 1 unspecified atom stereocenters. The second-order valence-corrected chi connectivity index (χ2v) is 8.26. The molecule has 1 atom stereocenters. The van der Waals surface area contributed by atoms with Crippen LogP contribution >= 0.6 is 24.0 Å². The Labute approximate surface area is 160 Å². The lowest BCUT2D eigenvalue weighted by Crippen LogP contribution is -2.44. The number of nitrogens with zero attached hydrogens (tertiary/aromatic N) is 2. The number of thioether (sulfide) groups is 1. The van der Waals surface area contributed by atoms with Gasteiger partial charge in [-0.1, -0.05) is 56.0 Å². The minimum absolute atomic E-state index is 0.0772. The molecule has 0 radical (unpaired) electrons. The van der Waals surface area contributed by atoms with Crippen LogP contribution in [0, 0.1) is 5.92 Å². The number of hydrogen-bond donors (Lipinski definition) is 1. The van der Waals surface area contributed by atoms with E-state index < -0.39 is 17.9 Å². The fraction of sp³-hybridized carbons (Fsp3) is 0.333. The highest BCUT2D eigenvalue weighted by Crippen LogP contribution is 2.44. The van der Waals surface area contributed by atoms with E-state index >= 15 is 0 Å². The van der Waals surface area contributed by atoms with E-state index in [1.54, 1.807) is 25.2 Å². The highest BCUT2D eigenvalue weighted by molar-refractivity contribution is 8.26. The van der Waals surface area contributed by atoms with Gasteiger partial charge in [0.1, 0.15) is 10.4 Å². The third-order valence-corrected chi connectivity index (χ3v) is 5.77. The Balaban J connectivity index is 2.08. The SMILES string of the molecule is CC(C)CC(C(=O)O)N1C(=O)C(=C2C(=O)N(C)c3ccccc32)SC1=S. The van der Waals surface area contributed by atoms with Gasteiger partial charge in [-0.2, -0.15) is 0 Å². The number of amides is 2. The first-order valence-corrected chi connectivity index (χ1v) is 9.36. The van der Waals surface area contributed by atoms with Crippen molar-refractivity contribution in [2.45, 2.75) is 26.3 Å². The zero-order valence-corrected chi connectivity index (χ0v) is 16.2. The largest absolute Gasteiger partial charge is 0.480 e. The quantitative estimate of drug-likeness (QED) is 0.629. The molecule has 1 aromatic rings. The second-order valence-electron chi connectivity index (χ2n) is 6.61. The van der Waals surface area contributed by atoms with Gasteiger partial charge in [-0.3, -0.25) is 14.5 Å². The Kier molecular flexibility index (Phi) is 4.90. The van der Waals surface area contributed by atoms with E-state index in [9.17, 15) is 19.5 Å². The Bertz CT molecular complexity index is 863. The summed E-state index contributed by atoms with van der Waals surface area (Å²) >= 11 is 6.29. The monoisotopic (exact) mass is 390 g/mol. The average molecular weight is 390 g/mol. The predicted octanol–water partition coefficient (Wildman–Crippen LogP) is 2.73. The molecule has 0 saturated carbocycles. The van der Waals surface area contributed by atoms with Crippen molar-refractivity contribution in [2.24, 2.45) is 5.92 Å². The number of hydrogen-bond acceptors (Lipinski definition) is 5. The van der Waals surface area contributed by atoms with Gasteiger partial charge in [-0.05, 0) is 18.4 Å². The highest BCUT2D eigenvalue weighted by atomic mass is 32.2. The predicted molar refractivity (Wildman–Crippen MR) is 105 cm³/mol. The molecule has 1 aromatic carbocycles. The minimum atomic E-state index is -1.10. The van der Waals surface area contributed by atoms with Crippen LogP contribution < -0.4 is 4.90 Å². The van der Waals surface area contributed by atoms with Crippen LogP contribution in [0.5, 0.6) is 0 Å². The first kappa shape index (κ1) is 18.6. The van der Waals surface area contributed by atoms with E-state index in [4.69, 9.17) is 12.2 Å². The summed E-state index contributed by atoms with van der Waals surface area (Å²) in [4.78, 5) is 40.3. The van der Waals surface area contributed by atoms with Crippen LogP contribution in [-0.2, 0) is 14.4 Å². The zero-order chi connectivity index (χ0) is 19.2. The van der Waals surface area contributed by atoms with Crippen LogP contribution in [0.3, 0.4) is 0 Å². The average Bonchev–Trinajstić information content (AvgIpc) is 2.99. The molecule has 0 bridgehead atoms. The lowest BCUT2D eigenvalue weighted by Gasteiger charge is -2.24. The normalized spacial score (nSPS) is 21.0. The standard InChI is InChI=1S/C18H18N2O4S2/c1-9(2)8-12(17(23)24)20-16(22)14(26-18(20)25)13-10-6-4-5-7-11(10)19(3)15(13)21/h4-7,9,12H,8H2,1-3H3,(H,23,24). The summed E-state index contributed by atoms with van der Waals surface area (Å²) in [6, 6.07) is 6.16. The molecule has 3 rings (SSSR count). The highest BCUT2D eigenvalue weighted by Gasteiger charge is 2.45. The van der Waals surface area contributed by atoms with E-state index in [0.29, 0.717) is 5.56 Å². The molecule has 26 heavy (non-hydrogen) atoms. The van der Waals surface area contributed by atoms with Crippen molar-refractivity contribution in [1.82, 2.24) is 4.90 Å². The van der Waals surface area contributed by atoms with Gasteiger partial charge in [0.25, 0.3) is 11.8 Å². The molecule has 0 aliphatic carbocycles. The molecule has 2 aliphatic heterocycles. The fourth-order valence-electron chi connectivity index (χ4n) is 3.15. The van der Waals surface area contributed by atoms with Gasteiger partial charge < -0.3 is 10.0 Å². The summed E-state index contributed by atoms with van der Waals surface area (Å²) in [5.41, 5.74) is 1.67. The van der Waals surface area contributed by atoms with Gasteiger partial charge in [0.05, 0.1) is 16.2 Å². The van der Waals surface area contributed by atoms with Crippen LogP contribution in [0.1, 0.15) is 25.8 Å². The molecule has 0 aromatic heterocycles. The number of fused-ring (bicyclic) bond motifs is 1. The molecule has 2 heterocycles. The number of carboxylic acids is 1. The van der Waals surface area contributed by atoms with E-state index in [2.05, 4.69) is 0 Å². The van der Waals surface area contributed by atoms with Crippen molar-refractivity contribution < 1.29 is 19.5 Å². The van der Waals surface area contributed by atoms with E-state index in [1.165, 1.54) is 4.90 Å². The number of para-hydroxylation sites is 1. The van der Waals surface area contributed by atoms with Crippen molar-refractivity contribution >= 4 is 57.3 Å². The van der Waals surface area contributed by atoms with Crippen molar-refractivity contribution in [3.63, 3.8) is 0 Å². The lowest BCUT2D eigenvalue weighted by molar-refractivity contribution is -0.145. The lowest BCUT2D eigenvalue weighted by atomic mass is 10.0. The Morgan fingerprint density at radius 2 is 1.88 bits per heavy atom. The number of carbonyl (C=O) groups is 3. The van der Waals surface area contributed by atoms with Gasteiger partial charge in [0.2, 0.25) is 0 Å². The van der Waals surface area contributed by atoms with Crippen molar-refractivity contribution in [1.29, 1.82) is 0 Å². The Morgan fingerprint density at radius 1 is 1.23 bits per heavy atom. The third kappa shape index (κ3) is 2.93. The maximum absolute atomic E-state index is 13.0. The van der Waals surface area contributed by atoms with E-state index in [0.717, 1.165) is 22.3 Å². The van der Waals surface area contributed by atoms with Crippen LogP contribution in [0.25, 0.3) is 5.57 Å². The van der Waals surface area contributed by atoms with E-state index in [-0.39, 0.29) is 33.0 Å². The van der Waals surface area contributed by atoms with Crippen molar-refractivity contribution in [3.05, 3.63) is 34.7 Å². The Morgan fingerprint density at radius 3 is 2.50 bits per heavy atom. The summed E-state index contributed by atoms with van der Waals surface area (Å²) in [6.07, 6.45) is 0.287. The number of benzene rings is 1. The summed E-state index contributed by atoms with van der Waals surface area (Å²) < 4.78 is 0.172. The zero-order valence-electron chi connectivity index (χ0n) is 14.6. The maximum atomic E-state index is 13.0. The van der Waals surface area contributed by atoms with Gasteiger partial charge in [0.15, 0.2) is 0 Å². The number of aliphatic carboxylic acids is 1. The molecular weight excluding hydrogens is 372 g/mol. The summed E-state index contributed by atoms with van der Waals surface area (Å²) in [5.74, 6) is -1.83. The van der Waals surface area contributed by atoms with Gasteiger partial charge in [0, 0.05) is 12.6 Å². The Hall–Kier alpha value is -2.19. The maximum Gasteiger partial charge on any atom is 0.326 e. The van der Waals surface area contributed by atoms with Crippen LogP contribution in [0.2, 0.25) is 0 Å². The molecule has 2 amide bonds. The van der Waals surface area contributed by atoms with Gasteiger partial charge >= 0.3 is 5.97 Å². The van der Waals surface area contributed by atoms with Crippen LogP contribution in [0.15, 0.2) is 29.2 Å². The number of rotatable bonds is 4. The molecule has 1 N–H and O–H groups in total. The van der Waals surface area contributed by atoms with Crippen LogP contribution in [0.4, 0.5) is 5.69 Å². The molecule has 1 saturated heterocycles. The smallest absolute Gasteiger partial charge is 0.326 e. The molecule has 2 aliphatic rings. The molecule has 6 nitrogen and oxygen atoms in total. The number of likely N-dealkylation sites (N-methyl/N-ethyl adjacent to an activating group) is 1. The molecule has 1 fully saturated rings. The van der Waals surface area contributed by atoms with Gasteiger partial charge in [-0.25, -0.2) is 4.79 Å². The van der Waals surface area contributed by atoms with Gasteiger partial charge in [-0.15, -0.1) is 0 Å². The third-order valence-electron chi connectivity index (χ3n) is 4.37. The fourth-order valence-corrected chi connectivity index (χ4v) is 4.58. The van der Waals surface area contributed by atoms with Crippen molar-refractivity contribution in [3.8, 4) is 0 Å². The molecule has 0 spiro atoms. The summed E-state index contributed by atoms with van der Waals surface area (Å²) in [5, 5.41) is 9.57. The molecule has 136 valence electrons. The van der Waals surface area contributed by atoms with Crippen LogP contribution in [-0.4, -0.2) is 45.2 Å². The first-order chi connectivity index (χ1) is 12.2. The summed E-state index contributed by atoms with van der Waals surface area (Å²) in [7, 11) is 1.65. The summed E-state index contributed by atoms with van der Waals surface area (Å²) in [6.45, 7) is 3.77. The molecular formula is C18H18N2O4S2. The number of carboxylic acid groups (broad SMARTS) is 1. The first-order valence-electron chi connectivity index (χ1n) is 8.14. The number of anilines is 1. The molecule has 8 heteroatoms. The second kappa shape index (κ2) is 6.85. The topological polar surface area (TPSA) is 77.9 Å². The number of carbonyl (C=O) groups excluding carboxylic acids is 2. The van der Waals surface area contributed by atoms with E-state index in [1.807, 2.05) is 19.9 Å².